The summed E-state index contributed by atoms with van der Waals surface area (Å²) in [6, 6.07) is 11.8. The molecule has 8 nitrogen and oxygen atoms in total. The van der Waals surface area contributed by atoms with Crippen LogP contribution in [0.5, 0.6) is 5.75 Å². The van der Waals surface area contributed by atoms with E-state index in [-0.39, 0.29) is 11.8 Å². The number of aryl methyl sites for hydroxylation is 1. The average molecular weight is 469 g/mol. The summed E-state index contributed by atoms with van der Waals surface area (Å²) in [5.74, 6) is 0.481. The lowest BCUT2D eigenvalue weighted by Gasteiger charge is -2.32. The number of halogens is 2. The van der Waals surface area contributed by atoms with Gasteiger partial charge in [0.1, 0.15) is 5.75 Å². The maximum Gasteiger partial charge on any atom is 0.387 e. The molecule has 2 heterocycles. The molecule has 0 unspecified atom stereocenters. The van der Waals surface area contributed by atoms with E-state index in [2.05, 4.69) is 30.2 Å². The number of anilines is 3. The Labute approximate surface area is 196 Å². The molecule has 0 saturated carbocycles. The van der Waals surface area contributed by atoms with Gasteiger partial charge in [-0.3, -0.25) is 0 Å². The number of alkyl halides is 2. The number of aromatic nitrogens is 2. The van der Waals surface area contributed by atoms with Gasteiger partial charge in [-0.05, 0) is 49.4 Å². The minimum absolute atomic E-state index is 0.0906. The maximum absolute atomic E-state index is 12.6. The first-order valence-electron chi connectivity index (χ1n) is 10.9. The molecule has 3 aromatic rings. The summed E-state index contributed by atoms with van der Waals surface area (Å²) in [5.41, 5.74) is 3.91. The van der Waals surface area contributed by atoms with Crippen molar-refractivity contribution in [3.63, 3.8) is 0 Å². The lowest BCUT2D eigenvalue weighted by Crippen LogP contribution is -2.48. The number of likely N-dealkylation sites (N-methyl/N-ethyl adjacent to an activating group) is 1. The van der Waals surface area contributed by atoms with Crippen LogP contribution in [0.25, 0.3) is 11.1 Å². The number of ether oxygens (including phenoxy) is 1. The van der Waals surface area contributed by atoms with Crippen LogP contribution in [-0.2, 0) is 0 Å². The molecule has 0 spiro atoms. The van der Waals surface area contributed by atoms with Crippen LogP contribution in [0.4, 0.5) is 30.9 Å². The molecule has 2 aromatic carbocycles. The van der Waals surface area contributed by atoms with E-state index in [1.54, 1.807) is 24.5 Å². The number of benzene rings is 2. The van der Waals surface area contributed by atoms with Gasteiger partial charge in [-0.2, -0.15) is 8.78 Å². The highest BCUT2D eigenvalue weighted by atomic mass is 19.3. The lowest BCUT2D eigenvalue weighted by atomic mass is 10.1. The van der Waals surface area contributed by atoms with E-state index in [4.69, 9.17) is 0 Å². The minimum atomic E-state index is -2.86. The van der Waals surface area contributed by atoms with Gasteiger partial charge in [0.15, 0.2) is 0 Å². The molecule has 0 atom stereocenters. The standard InChI is InChI=1S/C24H26F2N6O2/c1-16-3-6-19(13-21(16)30-24(33)32-11-9-31(2)10-12-32)29-23-27-14-18(15-28-23)17-4-7-20(8-5-17)34-22(25)26/h3-8,13-15,22H,9-12H2,1-2H3,(H,30,33)(H,27,28,29). The van der Waals surface area contributed by atoms with Gasteiger partial charge in [0, 0.05) is 55.5 Å². The van der Waals surface area contributed by atoms with Crippen molar-refractivity contribution < 1.29 is 18.3 Å². The number of hydrogen-bond acceptors (Lipinski definition) is 6. The second-order valence-corrected chi connectivity index (χ2v) is 8.07. The zero-order valence-corrected chi connectivity index (χ0v) is 19.0. The normalized spacial score (nSPS) is 14.2. The minimum Gasteiger partial charge on any atom is -0.435 e. The SMILES string of the molecule is Cc1ccc(Nc2ncc(-c3ccc(OC(F)F)cc3)cn2)cc1NC(=O)N1CCN(C)CC1. The molecule has 0 bridgehead atoms. The van der Waals surface area contributed by atoms with Crippen LogP contribution in [0.2, 0.25) is 0 Å². The fourth-order valence-electron chi connectivity index (χ4n) is 3.54. The van der Waals surface area contributed by atoms with Crippen molar-refractivity contribution in [2.75, 3.05) is 43.9 Å². The van der Waals surface area contributed by atoms with E-state index < -0.39 is 6.61 Å². The van der Waals surface area contributed by atoms with Gasteiger partial charge in [0.2, 0.25) is 5.95 Å². The van der Waals surface area contributed by atoms with Crippen molar-refractivity contribution >= 4 is 23.4 Å². The van der Waals surface area contributed by atoms with Crippen LogP contribution in [0.3, 0.4) is 0 Å². The predicted molar refractivity (Wildman–Crippen MR) is 127 cm³/mol. The third-order valence-electron chi connectivity index (χ3n) is 5.59. The molecule has 1 saturated heterocycles. The Kier molecular flexibility index (Phi) is 7.17. The fourth-order valence-corrected chi connectivity index (χ4v) is 3.54. The van der Waals surface area contributed by atoms with E-state index in [1.807, 2.05) is 37.1 Å². The van der Waals surface area contributed by atoms with Crippen molar-refractivity contribution in [1.82, 2.24) is 19.8 Å². The highest BCUT2D eigenvalue weighted by Crippen LogP contribution is 2.25. The summed E-state index contributed by atoms with van der Waals surface area (Å²) >= 11 is 0. The molecule has 1 aliphatic heterocycles. The molecule has 10 heteroatoms. The summed E-state index contributed by atoms with van der Waals surface area (Å²) < 4.78 is 29.0. The van der Waals surface area contributed by atoms with Crippen molar-refractivity contribution in [2.24, 2.45) is 0 Å². The third-order valence-corrected chi connectivity index (χ3v) is 5.59. The topological polar surface area (TPSA) is 82.6 Å². The summed E-state index contributed by atoms with van der Waals surface area (Å²) in [6.45, 7) is 2.18. The Morgan fingerprint density at radius 2 is 1.68 bits per heavy atom. The summed E-state index contributed by atoms with van der Waals surface area (Å²) in [5, 5.41) is 6.14. The Hall–Kier alpha value is -3.79. The second kappa shape index (κ2) is 10.4. The average Bonchev–Trinajstić information content (AvgIpc) is 2.82. The number of piperazine rings is 1. The summed E-state index contributed by atoms with van der Waals surface area (Å²) in [6.07, 6.45) is 3.28. The zero-order valence-electron chi connectivity index (χ0n) is 19.0. The van der Waals surface area contributed by atoms with Crippen molar-refractivity contribution in [3.8, 4) is 16.9 Å². The van der Waals surface area contributed by atoms with Crippen LogP contribution in [0, 0.1) is 6.92 Å². The van der Waals surface area contributed by atoms with Gasteiger partial charge in [-0.1, -0.05) is 18.2 Å². The molecule has 2 amide bonds. The highest BCUT2D eigenvalue weighted by Gasteiger charge is 2.19. The van der Waals surface area contributed by atoms with Crippen LogP contribution in [0.15, 0.2) is 54.9 Å². The van der Waals surface area contributed by atoms with Gasteiger partial charge in [0.25, 0.3) is 0 Å². The number of amides is 2. The fraction of sp³-hybridized carbons (Fsp3) is 0.292. The first-order valence-corrected chi connectivity index (χ1v) is 10.9. The van der Waals surface area contributed by atoms with E-state index in [0.29, 0.717) is 19.0 Å². The quantitative estimate of drug-likeness (QED) is 0.551. The number of nitrogens with zero attached hydrogens (tertiary/aromatic N) is 4. The third kappa shape index (κ3) is 5.96. The molecule has 2 N–H and O–H groups in total. The van der Waals surface area contributed by atoms with Crippen LogP contribution < -0.4 is 15.4 Å². The number of hydrogen-bond donors (Lipinski definition) is 2. The van der Waals surface area contributed by atoms with Crippen molar-refractivity contribution in [3.05, 3.63) is 60.4 Å². The van der Waals surface area contributed by atoms with Gasteiger partial charge < -0.3 is 25.2 Å². The molecule has 178 valence electrons. The molecule has 0 aliphatic carbocycles. The van der Waals surface area contributed by atoms with Crippen LogP contribution in [-0.4, -0.2) is 65.6 Å². The van der Waals surface area contributed by atoms with Crippen LogP contribution >= 0.6 is 0 Å². The predicted octanol–water partition coefficient (Wildman–Crippen LogP) is 4.58. The summed E-state index contributed by atoms with van der Waals surface area (Å²) in [7, 11) is 2.05. The molecule has 34 heavy (non-hydrogen) atoms. The molecule has 0 radical (unpaired) electrons. The van der Waals surface area contributed by atoms with E-state index in [0.717, 1.165) is 41.2 Å². The highest BCUT2D eigenvalue weighted by molar-refractivity contribution is 5.91. The van der Waals surface area contributed by atoms with Gasteiger partial charge >= 0.3 is 12.6 Å². The van der Waals surface area contributed by atoms with Crippen molar-refractivity contribution in [1.29, 1.82) is 0 Å². The van der Waals surface area contributed by atoms with Crippen LogP contribution in [0.1, 0.15) is 5.56 Å². The molecule has 1 fully saturated rings. The number of rotatable bonds is 6. The maximum atomic E-state index is 12.6. The Bertz CT molecular complexity index is 1120. The Morgan fingerprint density at radius 3 is 2.32 bits per heavy atom. The molecular formula is C24H26F2N6O2. The Balaban J connectivity index is 1.40. The Morgan fingerprint density at radius 1 is 1.00 bits per heavy atom. The van der Waals surface area contributed by atoms with Gasteiger partial charge in [-0.25, -0.2) is 14.8 Å². The summed E-state index contributed by atoms with van der Waals surface area (Å²) in [4.78, 5) is 25.3. The van der Waals surface area contributed by atoms with E-state index in [9.17, 15) is 13.6 Å². The largest absolute Gasteiger partial charge is 0.435 e. The smallest absolute Gasteiger partial charge is 0.387 e. The first kappa shape index (κ1) is 23.4. The monoisotopic (exact) mass is 468 g/mol. The molecule has 1 aliphatic rings. The van der Waals surface area contributed by atoms with E-state index in [1.165, 1.54) is 12.1 Å². The molecule has 1 aromatic heterocycles. The molecule has 4 rings (SSSR count). The van der Waals surface area contributed by atoms with Gasteiger partial charge in [0.05, 0.1) is 0 Å². The van der Waals surface area contributed by atoms with Gasteiger partial charge in [-0.15, -0.1) is 0 Å². The number of carbonyl (C=O) groups is 1. The molecular weight excluding hydrogens is 442 g/mol. The second-order valence-electron chi connectivity index (χ2n) is 8.07. The number of urea groups is 1. The van der Waals surface area contributed by atoms with E-state index >= 15 is 0 Å². The number of carbonyl (C=O) groups excluding carboxylic acids is 1. The number of nitrogens with one attached hydrogen (secondary N) is 2. The lowest BCUT2D eigenvalue weighted by molar-refractivity contribution is -0.0498. The van der Waals surface area contributed by atoms with Crippen molar-refractivity contribution in [2.45, 2.75) is 13.5 Å². The zero-order chi connectivity index (χ0) is 24.1. The first-order chi connectivity index (χ1) is 16.4.